The molecule has 0 aliphatic heterocycles. The molecule has 0 radical (unpaired) electrons. The smallest absolute Gasteiger partial charge is 0.387 e. The number of hydrogen-bond donors (Lipinski definition) is 0. The van der Waals surface area contributed by atoms with Crippen LogP contribution in [0.25, 0.3) is 0 Å². The van der Waals surface area contributed by atoms with Gasteiger partial charge >= 0.3 is 6.61 Å². The second-order valence-electron chi connectivity index (χ2n) is 2.46. The topological polar surface area (TPSA) is 9.23 Å². The van der Waals surface area contributed by atoms with Gasteiger partial charge in [-0.25, -0.2) is 0 Å². The van der Waals surface area contributed by atoms with Crippen LogP contribution in [0.15, 0.2) is 24.3 Å². The van der Waals surface area contributed by atoms with Gasteiger partial charge in [-0.2, -0.15) is 8.78 Å². The van der Waals surface area contributed by atoms with E-state index < -0.39 is 6.61 Å². The molecule has 0 aliphatic carbocycles. The summed E-state index contributed by atoms with van der Waals surface area (Å²) in [7, 11) is 0. The van der Waals surface area contributed by atoms with Gasteiger partial charge in [-0.3, -0.25) is 0 Å². The van der Waals surface area contributed by atoms with Crippen molar-refractivity contribution in [2.24, 2.45) is 0 Å². The van der Waals surface area contributed by atoms with Crippen LogP contribution in [0.4, 0.5) is 8.78 Å². The maximum Gasteiger partial charge on any atom is 0.387 e. The largest absolute Gasteiger partial charge is 0.435 e. The Hall–Kier alpha value is -0.640. The molecule has 0 fully saturated rings. The van der Waals surface area contributed by atoms with E-state index in [1.54, 1.807) is 12.1 Å². The number of rotatable bonds is 4. The van der Waals surface area contributed by atoms with Crippen molar-refractivity contribution in [3.8, 4) is 5.75 Å². The number of hydrogen-bond acceptors (Lipinski definition) is 1. The first kappa shape index (κ1) is 10.4. The minimum atomic E-state index is -2.75. The summed E-state index contributed by atoms with van der Waals surface area (Å²) in [5.74, 6) is 0.216. The van der Waals surface area contributed by atoms with Gasteiger partial charge < -0.3 is 4.74 Å². The van der Waals surface area contributed by atoms with Gasteiger partial charge in [0.05, 0.1) is 0 Å². The number of alkyl halides is 3. The third-order valence-corrected chi connectivity index (χ3v) is 1.90. The number of halogens is 3. The fourth-order valence-electron chi connectivity index (χ4n) is 0.986. The van der Waals surface area contributed by atoms with Crippen molar-refractivity contribution >= 4 is 15.9 Å². The third kappa shape index (κ3) is 3.72. The molecule has 0 saturated carbocycles. The highest BCUT2D eigenvalue weighted by atomic mass is 79.9. The zero-order chi connectivity index (χ0) is 9.68. The van der Waals surface area contributed by atoms with Gasteiger partial charge in [0.15, 0.2) is 0 Å². The predicted octanol–water partition coefficient (Wildman–Crippen LogP) is 3.23. The van der Waals surface area contributed by atoms with Crippen LogP contribution in [0.1, 0.15) is 5.56 Å². The van der Waals surface area contributed by atoms with Gasteiger partial charge in [-0.05, 0) is 24.1 Å². The molecule has 13 heavy (non-hydrogen) atoms. The molecule has 0 bridgehead atoms. The fourth-order valence-corrected chi connectivity index (χ4v) is 1.44. The molecule has 72 valence electrons. The third-order valence-electron chi connectivity index (χ3n) is 1.51. The molecule has 0 saturated heterocycles. The molecule has 0 unspecified atom stereocenters. The molecule has 0 amide bonds. The zero-order valence-electron chi connectivity index (χ0n) is 6.84. The summed E-state index contributed by atoms with van der Waals surface area (Å²) < 4.78 is 27.9. The molecule has 1 aromatic rings. The van der Waals surface area contributed by atoms with Gasteiger partial charge in [0.25, 0.3) is 0 Å². The first-order valence-corrected chi connectivity index (χ1v) is 4.94. The summed E-state index contributed by atoms with van der Waals surface area (Å²) in [5, 5.41) is 0.811. The van der Waals surface area contributed by atoms with Crippen LogP contribution in [0.3, 0.4) is 0 Å². The standard InChI is InChI=1S/C9H9BrF2O/c10-5-4-7-2-1-3-8(6-7)13-9(11)12/h1-3,6,9H,4-5H2. The van der Waals surface area contributed by atoms with Gasteiger partial charge in [0.1, 0.15) is 5.75 Å². The van der Waals surface area contributed by atoms with Crippen LogP contribution in [0.2, 0.25) is 0 Å². The monoisotopic (exact) mass is 250 g/mol. The van der Waals surface area contributed by atoms with E-state index in [4.69, 9.17) is 0 Å². The minimum absolute atomic E-state index is 0.216. The van der Waals surface area contributed by atoms with Crippen LogP contribution in [-0.2, 0) is 6.42 Å². The van der Waals surface area contributed by atoms with Crippen LogP contribution >= 0.6 is 15.9 Å². The Balaban J connectivity index is 2.67. The maximum absolute atomic E-state index is 11.8. The fraction of sp³-hybridized carbons (Fsp3) is 0.333. The van der Waals surface area contributed by atoms with Gasteiger partial charge in [0, 0.05) is 5.33 Å². The second-order valence-corrected chi connectivity index (χ2v) is 3.26. The molecule has 0 aromatic heterocycles. The Morgan fingerprint density at radius 3 is 2.77 bits per heavy atom. The van der Waals surface area contributed by atoms with E-state index in [0.717, 1.165) is 17.3 Å². The van der Waals surface area contributed by atoms with Crippen LogP contribution < -0.4 is 4.74 Å². The molecule has 0 heterocycles. The zero-order valence-corrected chi connectivity index (χ0v) is 8.43. The Morgan fingerprint density at radius 2 is 2.15 bits per heavy atom. The highest BCUT2D eigenvalue weighted by Gasteiger charge is 2.03. The first-order valence-electron chi connectivity index (χ1n) is 3.82. The van der Waals surface area contributed by atoms with Crippen LogP contribution in [0, 0.1) is 0 Å². The minimum Gasteiger partial charge on any atom is -0.435 e. The quantitative estimate of drug-likeness (QED) is 0.746. The molecule has 1 aromatic carbocycles. The van der Waals surface area contributed by atoms with Gasteiger partial charge in [0.2, 0.25) is 0 Å². The van der Waals surface area contributed by atoms with E-state index in [2.05, 4.69) is 20.7 Å². The molecule has 1 nitrogen and oxygen atoms in total. The lowest BCUT2D eigenvalue weighted by molar-refractivity contribution is -0.0498. The Labute approximate surface area is 83.8 Å². The molecule has 0 atom stereocenters. The molecule has 4 heteroatoms. The van der Waals surface area contributed by atoms with Crippen molar-refractivity contribution in [2.45, 2.75) is 13.0 Å². The molecule has 0 spiro atoms. The Morgan fingerprint density at radius 1 is 1.38 bits per heavy atom. The van der Waals surface area contributed by atoms with E-state index in [0.29, 0.717) is 0 Å². The summed E-state index contributed by atoms with van der Waals surface area (Å²) >= 11 is 3.27. The first-order chi connectivity index (χ1) is 6.22. The number of ether oxygens (including phenoxy) is 1. The number of aryl methyl sites for hydroxylation is 1. The highest BCUT2D eigenvalue weighted by Crippen LogP contribution is 2.16. The molecular weight excluding hydrogens is 242 g/mol. The summed E-state index contributed by atoms with van der Waals surface area (Å²) in [6, 6.07) is 6.71. The van der Waals surface area contributed by atoms with Crippen molar-refractivity contribution in [3.63, 3.8) is 0 Å². The lowest BCUT2D eigenvalue weighted by atomic mass is 10.2. The van der Waals surface area contributed by atoms with Crippen LogP contribution in [0.5, 0.6) is 5.75 Å². The molecule has 0 aliphatic rings. The lowest BCUT2D eigenvalue weighted by Gasteiger charge is -2.05. The normalized spacial score (nSPS) is 10.5. The molecular formula is C9H9BrF2O. The van der Waals surface area contributed by atoms with E-state index >= 15 is 0 Å². The molecule has 1 rings (SSSR count). The van der Waals surface area contributed by atoms with Crippen molar-refractivity contribution in [3.05, 3.63) is 29.8 Å². The van der Waals surface area contributed by atoms with Crippen molar-refractivity contribution in [2.75, 3.05) is 5.33 Å². The summed E-state index contributed by atoms with van der Waals surface area (Å²) in [6.45, 7) is -2.75. The SMILES string of the molecule is FC(F)Oc1cccc(CCBr)c1. The summed E-state index contributed by atoms with van der Waals surface area (Å²) in [4.78, 5) is 0. The Bertz CT molecular complexity index is 266. The van der Waals surface area contributed by atoms with Crippen molar-refractivity contribution in [1.82, 2.24) is 0 Å². The van der Waals surface area contributed by atoms with Crippen molar-refractivity contribution < 1.29 is 13.5 Å². The molecule has 0 N–H and O–H groups in total. The van der Waals surface area contributed by atoms with E-state index in [1.807, 2.05) is 6.07 Å². The van der Waals surface area contributed by atoms with E-state index in [9.17, 15) is 8.78 Å². The summed E-state index contributed by atoms with van der Waals surface area (Å²) in [6.07, 6.45) is 0.806. The summed E-state index contributed by atoms with van der Waals surface area (Å²) in [5.41, 5.74) is 0.982. The van der Waals surface area contributed by atoms with Crippen molar-refractivity contribution in [1.29, 1.82) is 0 Å². The van der Waals surface area contributed by atoms with E-state index in [1.165, 1.54) is 6.07 Å². The predicted molar refractivity (Wildman–Crippen MR) is 50.6 cm³/mol. The van der Waals surface area contributed by atoms with Gasteiger partial charge in [-0.1, -0.05) is 28.1 Å². The Kier molecular flexibility index (Phi) is 4.15. The maximum atomic E-state index is 11.8. The van der Waals surface area contributed by atoms with Crippen LogP contribution in [-0.4, -0.2) is 11.9 Å². The highest BCUT2D eigenvalue weighted by molar-refractivity contribution is 9.09. The second kappa shape index (κ2) is 5.17. The number of benzene rings is 1. The van der Waals surface area contributed by atoms with Gasteiger partial charge in [-0.15, -0.1) is 0 Å². The average Bonchev–Trinajstić information content (AvgIpc) is 2.04. The lowest BCUT2D eigenvalue weighted by Crippen LogP contribution is -2.02. The van der Waals surface area contributed by atoms with E-state index in [-0.39, 0.29) is 5.75 Å². The average molecular weight is 251 g/mol.